The highest BCUT2D eigenvalue weighted by molar-refractivity contribution is 7.90. The second-order valence-corrected chi connectivity index (χ2v) is 8.60. The van der Waals surface area contributed by atoms with Crippen molar-refractivity contribution in [3.8, 4) is 0 Å². The molecule has 7 heteroatoms. The number of hydrogen-bond acceptors (Lipinski definition) is 5. The Labute approximate surface area is 144 Å². The van der Waals surface area contributed by atoms with Crippen molar-refractivity contribution in [2.45, 2.75) is 18.7 Å². The maximum atomic E-state index is 12.5. The van der Waals surface area contributed by atoms with Crippen LogP contribution >= 0.6 is 11.3 Å². The number of aryl methyl sites for hydroxylation is 2. The summed E-state index contributed by atoms with van der Waals surface area (Å²) in [6.07, 6.45) is 1.09. The van der Waals surface area contributed by atoms with Crippen LogP contribution in [0.1, 0.15) is 21.5 Å². The molecule has 0 unspecified atom stereocenters. The molecule has 3 rings (SSSR count). The van der Waals surface area contributed by atoms with Gasteiger partial charge in [-0.05, 0) is 37.1 Å². The average Bonchev–Trinajstić information content (AvgIpc) is 2.95. The van der Waals surface area contributed by atoms with Crippen molar-refractivity contribution in [1.29, 1.82) is 0 Å². The molecule has 0 atom stereocenters. The Morgan fingerprint density at radius 3 is 2.42 bits per heavy atom. The van der Waals surface area contributed by atoms with Crippen LogP contribution in [0.25, 0.3) is 10.2 Å². The predicted molar refractivity (Wildman–Crippen MR) is 96.6 cm³/mol. The SMILES string of the molecule is Cc1ccc(C)c2sc(NC(=O)c3ccccc3S(C)(=O)=O)nc12. The number of amides is 1. The zero-order chi connectivity index (χ0) is 17.5. The molecular weight excluding hydrogens is 344 g/mol. The van der Waals surface area contributed by atoms with Gasteiger partial charge in [0.15, 0.2) is 15.0 Å². The Bertz CT molecular complexity index is 1010. The maximum absolute atomic E-state index is 12.5. The number of aromatic nitrogens is 1. The summed E-state index contributed by atoms with van der Waals surface area (Å²) in [5.41, 5.74) is 3.09. The standard InChI is InChI=1S/C17H16N2O3S2/c1-10-8-9-11(2)15-14(10)18-17(23-15)19-16(20)12-6-4-5-7-13(12)24(3,21)22/h4-9H,1-3H3,(H,18,19,20). The van der Waals surface area contributed by atoms with Gasteiger partial charge in [-0.15, -0.1) is 0 Å². The minimum absolute atomic E-state index is 0.0102. The summed E-state index contributed by atoms with van der Waals surface area (Å²) in [7, 11) is -3.49. The van der Waals surface area contributed by atoms with Gasteiger partial charge in [-0.25, -0.2) is 13.4 Å². The third-order valence-electron chi connectivity index (χ3n) is 3.69. The van der Waals surface area contributed by atoms with Crippen molar-refractivity contribution in [1.82, 2.24) is 4.98 Å². The van der Waals surface area contributed by atoms with E-state index in [1.54, 1.807) is 12.1 Å². The molecular formula is C17H16N2O3S2. The molecule has 124 valence electrons. The quantitative estimate of drug-likeness (QED) is 0.775. The Hall–Kier alpha value is -2.25. The largest absolute Gasteiger partial charge is 0.298 e. The molecule has 0 bridgehead atoms. The third-order valence-corrected chi connectivity index (χ3v) is 5.95. The molecule has 0 saturated heterocycles. The first-order valence-electron chi connectivity index (χ1n) is 7.24. The molecule has 0 aliphatic heterocycles. The summed E-state index contributed by atoms with van der Waals surface area (Å²) in [5.74, 6) is -0.481. The zero-order valence-corrected chi connectivity index (χ0v) is 15.1. The first kappa shape index (κ1) is 16.6. The van der Waals surface area contributed by atoms with E-state index in [4.69, 9.17) is 0 Å². The van der Waals surface area contributed by atoms with Gasteiger partial charge in [0.25, 0.3) is 5.91 Å². The lowest BCUT2D eigenvalue weighted by molar-refractivity contribution is 0.102. The smallest absolute Gasteiger partial charge is 0.258 e. The van der Waals surface area contributed by atoms with Gasteiger partial charge in [0, 0.05) is 6.26 Å². The number of hydrogen-bond donors (Lipinski definition) is 1. The fourth-order valence-electron chi connectivity index (χ4n) is 2.45. The summed E-state index contributed by atoms with van der Waals surface area (Å²) in [5, 5.41) is 3.17. The van der Waals surface area contributed by atoms with E-state index in [0.29, 0.717) is 5.13 Å². The number of thiazole rings is 1. The fraction of sp³-hybridized carbons (Fsp3) is 0.176. The number of anilines is 1. The van der Waals surface area contributed by atoms with E-state index >= 15 is 0 Å². The Kier molecular flexibility index (Phi) is 4.15. The molecule has 24 heavy (non-hydrogen) atoms. The topological polar surface area (TPSA) is 76.1 Å². The molecule has 0 aliphatic rings. The van der Waals surface area contributed by atoms with E-state index in [1.807, 2.05) is 26.0 Å². The van der Waals surface area contributed by atoms with Gasteiger partial charge in [0.1, 0.15) is 0 Å². The lowest BCUT2D eigenvalue weighted by atomic mass is 10.1. The number of nitrogens with one attached hydrogen (secondary N) is 1. The third kappa shape index (κ3) is 3.05. The summed E-state index contributed by atoms with van der Waals surface area (Å²) in [6, 6.07) is 10.2. The lowest BCUT2D eigenvalue weighted by Gasteiger charge is -2.06. The van der Waals surface area contributed by atoms with Crippen LogP contribution in [0.3, 0.4) is 0 Å². The van der Waals surface area contributed by atoms with Crippen molar-refractivity contribution in [3.05, 3.63) is 53.1 Å². The monoisotopic (exact) mass is 360 g/mol. The van der Waals surface area contributed by atoms with Crippen molar-refractivity contribution in [2.75, 3.05) is 11.6 Å². The number of carbonyl (C=O) groups is 1. The molecule has 2 aromatic carbocycles. The minimum Gasteiger partial charge on any atom is -0.298 e. The lowest BCUT2D eigenvalue weighted by Crippen LogP contribution is -2.15. The second kappa shape index (κ2) is 5.99. The molecule has 0 fully saturated rings. The van der Waals surface area contributed by atoms with E-state index in [9.17, 15) is 13.2 Å². The van der Waals surface area contributed by atoms with Crippen LogP contribution in [0.2, 0.25) is 0 Å². The first-order valence-corrected chi connectivity index (χ1v) is 9.95. The molecule has 0 radical (unpaired) electrons. The molecule has 1 aromatic heterocycles. The van der Waals surface area contributed by atoms with Crippen LogP contribution in [0.4, 0.5) is 5.13 Å². The van der Waals surface area contributed by atoms with Crippen LogP contribution in [-0.4, -0.2) is 25.6 Å². The molecule has 1 heterocycles. The maximum Gasteiger partial charge on any atom is 0.258 e. The van der Waals surface area contributed by atoms with Crippen molar-refractivity contribution < 1.29 is 13.2 Å². The molecule has 0 spiro atoms. The summed E-state index contributed by atoms with van der Waals surface area (Å²) in [6.45, 7) is 3.95. The van der Waals surface area contributed by atoms with Gasteiger partial charge < -0.3 is 0 Å². The zero-order valence-electron chi connectivity index (χ0n) is 13.5. The Morgan fingerprint density at radius 2 is 1.75 bits per heavy atom. The summed E-state index contributed by atoms with van der Waals surface area (Å²) in [4.78, 5) is 17.0. The molecule has 1 N–H and O–H groups in total. The van der Waals surface area contributed by atoms with E-state index in [1.165, 1.54) is 23.5 Å². The van der Waals surface area contributed by atoms with Gasteiger partial charge >= 0.3 is 0 Å². The fourth-order valence-corrected chi connectivity index (χ4v) is 4.35. The van der Waals surface area contributed by atoms with E-state index in [0.717, 1.165) is 27.6 Å². The number of fused-ring (bicyclic) bond motifs is 1. The Morgan fingerprint density at radius 1 is 1.08 bits per heavy atom. The van der Waals surface area contributed by atoms with Crippen molar-refractivity contribution >= 4 is 42.4 Å². The highest BCUT2D eigenvalue weighted by Gasteiger charge is 2.19. The molecule has 0 saturated carbocycles. The van der Waals surface area contributed by atoms with Gasteiger partial charge in [-0.3, -0.25) is 10.1 Å². The van der Waals surface area contributed by atoms with Crippen LogP contribution in [0, 0.1) is 13.8 Å². The number of benzene rings is 2. The highest BCUT2D eigenvalue weighted by Crippen LogP contribution is 2.31. The molecule has 1 amide bonds. The van der Waals surface area contributed by atoms with Crippen molar-refractivity contribution in [3.63, 3.8) is 0 Å². The van der Waals surface area contributed by atoms with Gasteiger partial charge in [-0.2, -0.15) is 0 Å². The normalized spacial score (nSPS) is 11.6. The highest BCUT2D eigenvalue weighted by atomic mass is 32.2. The predicted octanol–water partition coefficient (Wildman–Crippen LogP) is 3.57. The van der Waals surface area contributed by atoms with Crippen LogP contribution in [0.5, 0.6) is 0 Å². The first-order chi connectivity index (χ1) is 11.3. The summed E-state index contributed by atoms with van der Waals surface area (Å²) >= 11 is 1.38. The van der Waals surface area contributed by atoms with Gasteiger partial charge in [0.05, 0.1) is 20.7 Å². The molecule has 3 aromatic rings. The van der Waals surface area contributed by atoms with Crippen LogP contribution < -0.4 is 5.32 Å². The average molecular weight is 360 g/mol. The van der Waals surface area contributed by atoms with E-state index in [-0.39, 0.29) is 10.5 Å². The number of sulfone groups is 1. The number of nitrogens with zero attached hydrogens (tertiary/aromatic N) is 1. The minimum atomic E-state index is -3.49. The second-order valence-electron chi connectivity index (χ2n) is 5.62. The number of rotatable bonds is 3. The van der Waals surface area contributed by atoms with Crippen LogP contribution in [0.15, 0.2) is 41.3 Å². The van der Waals surface area contributed by atoms with Crippen molar-refractivity contribution in [2.24, 2.45) is 0 Å². The van der Waals surface area contributed by atoms with Gasteiger partial charge in [0.2, 0.25) is 0 Å². The molecule has 5 nitrogen and oxygen atoms in total. The van der Waals surface area contributed by atoms with Crippen LogP contribution in [-0.2, 0) is 9.84 Å². The van der Waals surface area contributed by atoms with Gasteiger partial charge in [-0.1, -0.05) is 35.6 Å². The van der Waals surface area contributed by atoms with E-state index in [2.05, 4.69) is 10.3 Å². The summed E-state index contributed by atoms with van der Waals surface area (Å²) < 4.78 is 24.7. The molecule has 0 aliphatic carbocycles. The Balaban J connectivity index is 2.00. The number of carbonyl (C=O) groups excluding carboxylic acids is 1. The van der Waals surface area contributed by atoms with E-state index < -0.39 is 15.7 Å².